The van der Waals surface area contributed by atoms with Crippen LogP contribution in [0.25, 0.3) is 5.57 Å². The molecule has 1 aliphatic rings. The maximum absolute atomic E-state index is 6.79. The van der Waals surface area contributed by atoms with Crippen LogP contribution in [0.5, 0.6) is 5.88 Å². The van der Waals surface area contributed by atoms with Gasteiger partial charge in [-0.15, -0.1) is 11.8 Å². The molecule has 0 radical (unpaired) electrons. The van der Waals surface area contributed by atoms with Crippen molar-refractivity contribution >= 4 is 37.3 Å². The summed E-state index contributed by atoms with van der Waals surface area (Å²) in [6.07, 6.45) is 8.51. The Morgan fingerprint density at radius 1 is 1.17 bits per heavy atom. The number of benzene rings is 1. The molecule has 35 heavy (non-hydrogen) atoms. The standard InChI is InChI=1S/C29H42ClNO2SSi/c1-21-13-15-26(31-28(21)32-5)24(19-22-11-8-9-12-22)23-14-16-27(25(30)20-23)34-18-10-17-33-35(6,7)29(2,3)4/h13-16,19-20,22H,8-12,17-18H2,1-7H3. The molecule has 0 aliphatic heterocycles. The fraction of sp³-hybridized carbons (Fsp3) is 0.552. The number of aryl methyl sites for hydroxylation is 1. The van der Waals surface area contributed by atoms with Crippen molar-refractivity contribution in [1.82, 2.24) is 4.98 Å². The van der Waals surface area contributed by atoms with Crippen molar-refractivity contribution < 1.29 is 9.16 Å². The Balaban J connectivity index is 1.72. The SMILES string of the molecule is COc1nc(C(=CC2CCCC2)c2ccc(SCCCO[Si](C)(C)C(C)(C)C)c(Cl)c2)ccc1C. The number of ether oxygens (including phenoxy) is 1. The van der Waals surface area contributed by atoms with Gasteiger partial charge < -0.3 is 9.16 Å². The number of rotatable bonds is 10. The van der Waals surface area contributed by atoms with E-state index in [-0.39, 0.29) is 5.04 Å². The third-order valence-corrected chi connectivity index (χ3v) is 13.5. The molecule has 3 nitrogen and oxygen atoms in total. The summed E-state index contributed by atoms with van der Waals surface area (Å²) in [5.74, 6) is 2.26. The lowest BCUT2D eigenvalue weighted by molar-refractivity contribution is 0.289. The molecule has 6 heteroatoms. The molecule has 0 N–H and O–H groups in total. The molecule has 0 bridgehead atoms. The van der Waals surface area contributed by atoms with Crippen molar-refractivity contribution in [2.24, 2.45) is 5.92 Å². The monoisotopic (exact) mass is 531 g/mol. The zero-order chi connectivity index (χ0) is 25.6. The average molecular weight is 532 g/mol. The van der Waals surface area contributed by atoms with E-state index in [2.05, 4.69) is 70.3 Å². The minimum absolute atomic E-state index is 0.249. The lowest BCUT2D eigenvalue weighted by atomic mass is 9.96. The molecular formula is C29H42ClNO2SSi. The Hall–Kier alpha value is -1.27. The third kappa shape index (κ3) is 7.61. The summed E-state index contributed by atoms with van der Waals surface area (Å²) in [4.78, 5) is 5.94. The fourth-order valence-electron chi connectivity index (χ4n) is 4.13. The highest BCUT2D eigenvalue weighted by Gasteiger charge is 2.36. The van der Waals surface area contributed by atoms with Crippen LogP contribution in [-0.4, -0.2) is 32.8 Å². The first kappa shape index (κ1) is 28.3. The van der Waals surface area contributed by atoms with Gasteiger partial charge in [0.2, 0.25) is 5.88 Å². The Labute approximate surface area is 223 Å². The minimum atomic E-state index is -1.68. The van der Waals surface area contributed by atoms with Crippen LogP contribution in [-0.2, 0) is 4.43 Å². The average Bonchev–Trinajstić information content (AvgIpc) is 3.31. The molecule has 0 atom stereocenters. The molecule has 2 aromatic rings. The predicted octanol–water partition coefficient (Wildman–Crippen LogP) is 9.18. The Morgan fingerprint density at radius 2 is 1.89 bits per heavy atom. The zero-order valence-corrected chi connectivity index (χ0v) is 25.1. The van der Waals surface area contributed by atoms with Crippen molar-refractivity contribution in [1.29, 1.82) is 0 Å². The molecule has 1 saturated carbocycles. The number of allylic oxidation sites excluding steroid dienone is 1. The van der Waals surface area contributed by atoms with Gasteiger partial charge in [0.05, 0.1) is 17.8 Å². The molecule has 0 saturated heterocycles. The van der Waals surface area contributed by atoms with Crippen molar-refractivity contribution in [3.63, 3.8) is 0 Å². The van der Waals surface area contributed by atoms with Gasteiger partial charge in [0.15, 0.2) is 8.32 Å². The van der Waals surface area contributed by atoms with Crippen LogP contribution in [0.15, 0.2) is 41.3 Å². The first-order valence-electron chi connectivity index (χ1n) is 12.8. The molecule has 0 unspecified atom stereocenters. The van der Waals surface area contributed by atoms with E-state index in [1.54, 1.807) is 7.11 Å². The van der Waals surface area contributed by atoms with Gasteiger partial charge in [0.1, 0.15) is 0 Å². The van der Waals surface area contributed by atoms with Crippen LogP contribution in [0.2, 0.25) is 23.2 Å². The highest BCUT2D eigenvalue weighted by atomic mass is 35.5. The number of thioether (sulfide) groups is 1. The lowest BCUT2D eigenvalue weighted by Crippen LogP contribution is -2.41. The number of hydrogen-bond acceptors (Lipinski definition) is 4. The van der Waals surface area contributed by atoms with E-state index in [0.717, 1.165) is 51.1 Å². The molecular weight excluding hydrogens is 490 g/mol. The van der Waals surface area contributed by atoms with Gasteiger partial charge in [-0.05, 0) is 74.0 Å². The van der Waals surface area contributed by atoms with Crippen molar-refractivity contribution in [2.75, 3.05) is 19.5 Å². The molecule has 0 spiro atoms. The first-order chi connectivity index (χ1) is 16.5. The largest absolute Gasteiger partial charge is 0.481 e. The summed E-state index contributed by atoms with van der Waals surface area (Å²) < 4.78 is 11.8. The Morgan fingerprint density at radius 3 is 2.51 bits per heavy atom. The maximum Gasteiger partial charge on any atom is 0.216 e. The highest BCUT2D eigenvalue weighted by molar-refractivity contribution is 7.99. The van der Waals surface area contributed by atoms with E-state index in [1.165, 1.54) is 25.7 Å². The molecule has 192 valence electrons. The molecule has 1 heterocycles. The van der Waals surface area contributed by atoms with Crippen LogP contribution >= 0.6 is 23.4 Å². The number of aromatic nitrogens is 1. The highest BCUT2D eigenvalue weighted by Crippen LogP contribution is 2.38. The molecule has 1 aromatic heterocycles. The van der Waals surface area contributed by atoms with Gasteiger partial charge in [0.25, 0.3) is 0 Å². The topological polar surface area (TPSA) is 31.4 Å². The van der Waals surface area contributed by atoms with E-state index < -0.39 is 8.32 Å². The van der Waals surface area contributed by atoms with E-state index in [9.17, 15) is 0 Å². The van der Waals surface area contributed by atoms with Gasteiger partial charge in [-0.3, -0.25) is 0 Å². The number of halogens is 1. The number of hydrogen-bond donors (Lipinski definition) is 0. The van der Waals surface area contributed by atoms with Crippen LogP contribution in [0.4, 0.5) is 0 Å². The second-order valence-corrected chi connectivity index (χ2v) is 17.5. The van der Waals surface area contributed by atoms with Crippen molar-refractivity contribution in [2.45, 2.75) is 82.8 Å². The maximum atomic E-state index is 6.79. The molecule has 1 aliphatic carbocycles. The molecule has 3 rings (SSSR count). The minimum Gasteiger partial charge on any atom is -0.481 e. The Bertz CT molecular complexity index is 1030. The second-order valence-electron chi connectivity index (χ2n) is 11.1. The second kappa shape index (κ2) is 12.3. The summed E-state index contributed by atoms with van der Waals surface area (Å²) >= 11 is 8.60. The van der Waals surface area contributed by atoms with Crippen LogP contribution in [0.3, 0.4) is 0 Å². The van der Waals surface area contributed by atoms with Gasteiger partial charge in [-0.2, -0.15) is 0 Å². The molecule has 0 amide bonds. The molecule has 1 fully saturated rings. The quantitative estimate of drug-likeness (QED) is 0.174. The smallest absolute Gasteiger partial charge is 0.216 e. The van der Waals surface area contributed by atoms with E-state index >= 15 is 0 Å². The van der Waals surface area contributed by atoms with Gasteiger partial charge >= 0.3 is 0 Å². The normalized spacial score (nSPS) is 15.6. The third-order valence-electron chi connectivity index (χ3n) is 7.38. The summed E-state index contributed by atoms with van der Waals surface area (Å²) in [7, 11) is 0.000182. The van der Waals surface area contributed by atoms with Crippen LogP contribution < -0.4 is 4.74 Å². The van der Waals surface area contributed by atoms with E-state index in [0.29, 0.717) is 11.8 Å². The fourth-order valence-corrected chi connectivity index (χ4v) is 6.40. The summed E-state index contributed by atoms with van der Waals surface area (Å²) in [6.45, 7) is 14.3. The van der Waals surface area contributed by atoms with Gasteiger partial charge in [-0.1, -0.05) is 63.4 Å². The summed E-state index contributed by atoms with van der Waals surface area (Å²) in [5.41, 5.74) is 4.25. The zero-order valence-electron chi connectivity index (χ0n) is 22.5. The molecule has 1 aromatic carbocycles. The summed E-state index contributed by atoms with van der Waals surface area (Å²) in [6, 6.07) is 10.6. The predicted molar refractivity (Wildman–Crippen MR) is 155 cm³/mol. The van der Waals surface area contributed by atoms with Crippen LogP contribution in [0, 0.1) is 12.8 Å². The van der Waals surface area contributed by atoms with Crippen molar-refractivity contribution in [3.8, 4) is 5.88 Å². The van der Waals surface area contributed by atoms with E-state index in [4.69, 9.17) is 25.7 Å². The van der Waals surface area contributed by atoms with E-state index in [1.807, 2.05) is 18.7 Å². The summed E-state index contributed by atoms with van der Waals surface area (Å²) in [5, 5.41) is 1.05. The number of pyridine rings is 1. The number of methoxy groups -OCH3 is 1. The first-order valence-corrected chi connectivity index (χ1v) is 17.1. The Kier molecular flexibility index (Phi) is 9.96. The van der Waals surface area contributed by atoms with Gasteiger partial charge in [-0.25, -0.2) is 4.98 Å². The van der Waals surface area contributed by atoms with Crippen molar-refractivity contribution in [3.05, 3.63) is 58.3 Å². The number of nitrogens with zero attached hydrogens (tertiary/aromatic N) is 1. The lowest BCUT2D eigenvalue weighted by Gasteiger charge is -2.36. The van der Waals surface area contributed by atoms with Crippen LogP contribution in [0.1, 0.15) is 69.7 Å². The van der Waals surface area contributed by atoms with Gasteiger partial charge in [0, 0.05) is 28.4 Å².